The van der Waals surface area contributed by atoms with Crippen LogP contribution in [0.15, 0.2) is 29.0 Å². The largest absolute Gasteiger partial charge is 0.482 e. The molecule has 2 aromatic heterocycles. The summed E-state index contributed by atoms with van der Waals surface area (Å²) in [5.41, 5.74) is 0.870. The van der Waals surface area contributed by atoms with Crippen molar-refractivity contribution in [1.82, 2.24) is 9.38 Å². The number of imidazole rings is 1. The maximum Gasteiger partial charge on any atom is 0.199 e. The number of ether oxygens (including phenoxy) is 1. The van der Waals surface area contributed by atoms with Crippen LogP contribution in [-0.4, -0.2) is 16.5 Å². The van der Waals surface area contributed by atoms with Crippen LogP contribution in [0.5, 0.6) is 5.88 Å². The van der Waals surface area contributed by atoms with E-state index in [1.54, 1.807) is 13.3 Å². The average molecular weight is 227 g/mol. The molecule has 0 unspecified atom stereocenters. The van der Waals surface area contributed by atoms with Crippen molar-refractivity contribution in [3.8, 4) is 5.88 Å². The van der Waals surface area contributed by atoms with Crippen molar-refractivity contribution in [2.24, 2.45) is 0 Å². The second-order valence-corrected chi connectivity index (χ2v) is 3.20. The Morgan fingerprint density at radius 2 is 2.33 bits per heavy atom. The van der Waals surface area contributed by atoms with Gasteiger partial charge in [0, 0.05) is 18.5 Å². The van der Waals surface area contributed by atoms with Gasteiger partial charge in [-0.2, -0.15) is 0 Å². The van der Waals surface area contributed by atoms with E-state index >= 15 is 0 Å². The monoisotopic (exact) mass is 226 g/mol. The van der Waals surface area contributed by atoms with Crippen LogP contribution >= 0.6 is 15.9 Å². The number of halogens is 1. The molecule has 0 aliphatic rings. The third-order valence-corrected chi connectivity index (χ3v) is 2.29. The first-order valence-electron chi connectivity index (χ1n) is 3.48. The van der Waals surface area contributed by atoms with Crippen molar-refractivity contribution < 1.29 is 4.74 Å². The van der Waals surface area contributed by atoms with Crippen molar-refractivity contribution in [3.05, 3.63) is 29.0 Å². The second-order valence-electron chi connectivity index (χ2n) is 2.34. The van der Waals surface area contributed by atoms with Crippen molar-refractivity contribution in [3.63, 3.8) is 0 Å². The van der Waals surface area contributed by atoms with Gasteiger partial charge in [0.2, 0.25) is 0 Å². The minimum absolute atomic E-state index is 0.783. The molecule has 0 N–H and O–H groups in total. The smallest absolute Gasteiger partial charge is 0.199 e. The zero-order chi connectivity index (χ0) is 8.55. The molecule has 2 heterocycles. The molecule has 0 fully saturated rings. The maximum absolute atomic E-state index is 5.14. The van der Waals surface area contributed by atoms with Gasteiger partial charge in [0.25, 0.3) is 0 Å². The molecule has 0 aliphatic carbocycles. The van der Waals surface area contributed by atoms with E-state index in [0.717, 1.165) is 16.0 Å². The predicted octanol–water partition coefficient (Wildman–Crippen LogP) is 2.11. The highest BCUT2D eigenvalue weighted by Gasteiger charge is 2.03. The number of rotatable bonds is 1. The van der Waals surface area contributed by atoms with Gasteiger partial charge in [0.05, 0.1) is 11.6 Å². The summed E-state index contributed by atoms with van der Waals surface area (Å²) in [6, 6.07) is 3.81. The summed E-state index contributed by atoms with van der Waals surface area (Å²) in [6.45, 7) is 0. The molecule has 0 atom stereocenters. The third-order valence-electron chi connectivity index (χ3n) is 1.67. The van der Waals surface area contributed by atoms with E-state index in [4.69, 9.17) is 4.74 Å². The van der Waals surface area contributed by atoms with Gasteiger partial charge in [-0.15, -0.1) is 0 Å². The lowest BCUT2D eigenvalue weighted by atomic mass is 10.4. The highest BCUT2D eigenvalue weighted by molar-refractivity contribution is 9.10. The number of methoxy groups -OCH3 is 1. The van der Waals surface area contributed by atoms with Gasteiger partial charge in [-0.25, -0.2) is 4.98 Å². The Labute approximate surface area is 78.1 Å². The van der Waals surface area contributed by atoms with Crippen molar-refractivity contribution in [2.45, 2.75) is 0 Å². The van der Waals surface area contributed by atoms with Crippen molar-refractivity contribution >= 4 is 21.6 Å². The van der Waals surface area contributed by atoms with Crippen LogP contribution in [0.25, 0.3) is 5.65 Å². The van der Waals surface area contributed by atoms with Crippen LogP contribution < -0.4 is 4.74 Å². The second kappa shape index (κ2) is 2.79. The molecule has 0 amide bonds. The molecule has 4 heteroatoms. The molecule has 2 aromatic rings. The SMILES string of the molecule is COc1ccc(Br)c2nccn12. The van der Waals surface area contributed by atoms with Crippen LogP contribution in [0, 0.1) is 0 Å². The van der Waals surface area contributed by atoms with E-state index in [-0.39, 0.29) is 0 Å². The van der Waals surface area contributed by atoms with Crippen molar-refractivity contribution in [2.75, 3.05) is 7.11 Å². The minimum Gasteiger partial charge on any atom is -0.482 e. The molecular weight excluding hydrogens is 220 g/mol. The Morgan fingerprint density at radius 3 is 3.08 bits per heavy atom. The fraction of sp³-hybridized carbons (Fsp3) is 0.125. The summed E-state index contributed by atoms with van der Waals surface area (Å²) in [5.74, 6) is 0.783. The molecule has 0 saturated carbocycles. The van der Waals surface area contributed by atoms with Gasteiger partial charge >= 0.3 is 0 Å². The molecule has 2 rings (SSSR count). The van der Waals surface area contributed by atoms with Gasteiger partial charge in [0.15, 0.2) is 11.5 Å². The van der Waals surface area contributed by atoms with E-state index < -0.39 is 0 Å². The third kappa shape index (κ3) is 0.992. The lowest BCUT2D eigenvalue weighted by molar-refractivity contribution is 0.392. The van der Waals surface area contributed by atoms with Gasteiger partial charge in [-0.3, -0.25) is 4.40 Å². The van der Waals surface area contributed by atoms with Crippen molar-refractivity contribution in [1.29, 1.82) is 0 Å². The maximum atomic E-state index is 5.14. The van der Waals surface area contributed by atoms with Crippen LogP contribution in [-0.2, 0) is 0 Å². The lowest BCUT2D eigenvalue weighted by Gasteiger charge is -2.03. The Kier molecular flexibility index (Phi) is 1.77. The fourth-order valence-corrected chi connectivity index (χ4v) is 1.55. The van der Waals surface area contributed by atoms with Gasteiger partial charge < -0.3 is 4.74 Å². The number of pyridine rings is 1. The standard InChI is InChI=1S/C8H7BrN2O/c1-12-7-3-2-6(9)8-10-4-5-11(7)8/h2-5H,1H3. The normalized spacial score (nSPS) is 10.5. The minimum atomic E-state index is 0.783. The Balaban J connectivity index is 2.82. The average Bonchev–Trinajstić information content (AvgIpc) is 2.54. The quantitative estimate of drug-likeness (QED) is 0.745. The summed E-state index contributed by atoms with van der Waals surface area (Å²) in [6.07, 6.45) is 3.60. The fourth-order valence-electron chi connectivity index (χ4n) is 1.12. The van der Waals surface area contributed by atoms with E-state index in [1.165, 1.54) is 0 Å². The molecule has 12 heavy (non-hydrogen) atoms. The first-order chi connectivity index (χ1) is 5.83. The summed E-state index contributed by atoms with van der Waals surface area (Å²) < 4.78 is 7.99. The first kappa shape index (κ1) is 7.61. The van der Waals surface area contributed by atoms with Crippen LogP contribution in [0.2, 0.25) is 0 Å². The van der Waals surface area contributed by atoms with Gasteiger partial charge in [0.1, 0.15) is 0 Å². The molecule has 3 nitrogen and oxygen atoms in total. The van der Waals surface area contributed by atoms with Crippen LogP contribution in [0.1, 0.15) is 0 Å². The van der Waals surface area contributed by atoms with Crippen LogP contribution in [0.4, 0.5) is 0 Å². The zero-order valence-corrected chi connectivity index (χ0v) is 8.08. The van der Waals surface area contributed by atoms with Crippen LogP contribution in [0.3, 0.4) is 0 Å². The zero-order valence-electron chi connectivity index (χ0n) is 6.49. The first-order valence-corrected chi connectivity index (χ1v) is 4.28. The Morgan fingerprint density at radius 1 is 1.50 bits per heavy atom. The predicted molar refractivity (Wildman–Crippen MR) is 49.4 cm³/mol. The van der Waals surface area contributed by atoms with E-state index in [2.05, 4.69) is 20.9 Å². The lowest BCUT2D eigenvalue weighted by Crippen LogP contribution is -1.92. The number of hydrogen-bond donors (Lipinski definition) is 0. The van der Waals surface area contributed by atoms with E-state index in [1.807, 2.05) is 22.7 Å². The van der Waals surface area contributed by atoms with E-state index in [9.17, 15) is 0 Å². The number of nitrogens with zero attached hydrogens (tertiary/aromatic N) is 2. The highest BCUT2D eigenvalue weighted by Crippen LogP contribution is 2.21. The molecule has 0 aromatic carbocycles. The summed E-state index contributed by atoms with van der Waals surface area (Å²) in [4.78, 5) is 4.16. The van der Waals surface area contributed by atoms with Gasteiger partial charge in [-0.05, 0) is 22.0 Å². The molecule has 0 radical (unpaired) electrons. The molecule has 0 spiro atoms. The molecule has 0 bridgehead atoms. The van der Waals surface area contributed by atoms with Gasteiger partial charge in [-0.1, -0.05) is 0 Å². The summed E-state index contributed by atoms with van der Waals surface area (Å²) >= 11 is 3.40. The van der Waals surface area contributed by atoms with E-state index in [0.29, 0.717) is 0 Å². The summed E-state index contributed by atoms with van der Waals surface area (Å²) in [5, 5.41) is 0. The molecule has 0 aliphatic heterocycles. The number of fused-ring (bicyclic) bond motifs is 1. The number of hydrogen-bond acceptors (Lipinski definition) is 2. The highest BCUT2D eigenvalue weighted by atomic mass is 79.9. The molecular formula is C8H7BrN2O. The molecule has 62 valence electrons. The Bertz CT molecular complexity index is 410. The Hall–Kier alpha value is -1.03. The molecule has 0 saturated heterocycles. The topological polar surface area (TPSA) is 26.5 Å². The number of aromatic nitrogens is 2. The summed E-state index contributed by atoms with van der Waals surface area (Å²) in [7, 11) is 1.64.